The van der Waals surface area contributed by atoms with Gasteiger partial charge >= 0.3 is 0 Å². The van der Waals surface area contributed by atoms with Crippen LogP contribution in [0.5, 0.6) is 0 Å². The van der Waals surface area contributed by atoms with E-state index in [-0.39, 0.29) is 17.5 Å². The smallest absolute Gasteiger partial charge is 0.127 e. The normalized spacial score (nSPS) is 13.5. The predicted octanol–water partition coefficient (Wildman–Crippen LogP) is 5.33. The highest BCUT2D eigenvalue weighted by Crippen LogP contribution is 2.34. The molecule has 0 saturated heterocycles. The summed E-state index contributed by atoms with van der Waals surface area (Å²) in [5.41, 5.74) is 5.69. The number of halogens is 1. The number of Topliss-reactive ketones (excluding diaryl/α,β-unsaturated/α-hetero) is 1. The van der Waals surface area contributed by atoms with Gasteiger partial charge in [-0.1, -0.05) is 26.9 Å². The average Bonchev–Trinajstić information content (AvgIpc) is 3.21. The third-order valence-corrected chi connectivity index (χ3v) is 9.02. The van der Waals surface area contributed by atoms with Gasteiger partial charge in [-0.15, -0.1) is 0 Å². The predicted molar refractivity (Wildman–Crippen MR) is 121 cm³/mol. The Kier molecular flexibility index (Phi) is 4.81. The lowest BCUT2D eigenvalue weighted by atomic mass is 10.1. The van der Waals surface area contributed by atoms with E-state index in [2.05, 4.69) is 48.6 Å². The Hall–Kier alpha value is -2.53. The lowest BCUT2D eigenvalue weighted by molar-refractivity contribution is -0.115. The number of hydrogen-bond acceptors (Lipinski definition) is 2. The van der Waals surface area contributed by atoms with E-state index in [1.54, 1.807) is 6.92 Å². The average molecular weight is 407 g/mol. The number of rotatable bonds is 5. The zero-order chi connectivity index (χ0) is 20.9. The fourth-order valence-corrected chi connectivity index (χ4v) is 8.20. The topological polar surface area (TPSA) is 34.4 Å². The summed E-state index contributed by atoms with van der Waals surface area (Å²) in [6.45, 7) is 11.4. The van der Waals surface area contributed by atoms with Gasteiger partial charge in [0.15, 0.2) is 0 Å². The lowest BCUT2D eigenvalue weighted by Gasteiger charge is -2.25. The largest absolute Gasteiger partial charge is 0.313 e. The molecular formula is C24H27FN2OSi. The van der Waals surface area contributed by atoms with Crippen LogP contribution in [0.3, 0.4) is 0 Å². The summed E-state index contributed by atoms with van der Waals surface area (Å²) in [5.74, 6) is 0.268. The van der Waals surface area contributed by atoms with Gasteiger partial charge in [0, 0.05) is 23.6 Å². The molecule has 0 bridgehead atoms. The van der Waals surface area contributed by atoms with E-state index in [4.69, 9.17) is 0 Å². The van der Waals surface area contributed by atoms with Crippen molar-refractivity contribution in [1.82, 2.24) is 4.57 Å². The molecule has 2 heterocycles. The van der Waals surface area contributed by atoms with E-state index in [1.165, 1.54) is 34.0 Å². The molecule has 1 aliphatic rings. The second-order valence-electron chi connectivity index (χ2n) is 9.03. The molecule has 1 aliphatic heterocycles. The van der Waals surface area contributed by atoms with Crippen LogP contribution in [0.25, 0.3) is 16.6 Å². The summed E-state index contributed by atoms with van der Waals surface area (Å²) >= 11 is 0. The molecule has 2 aromatic carbocycles. The number of aliphatic imine (C=N–C) groups is 1. The van der Waals surface area contributed by atoms with Crippen molar-refractivity contribution in [2.75, 3.05) is 0 Å². The molecule has 0 fully saturated rings. The molecule has 0 amide bonds. The number of benzene rings is 2. The highest BCUT2D eigenvalue weighted by atomic mass is 28.3. The van der Waals surface area contributed by atoms with Gasteiger partial charge in [0.05, 0.1) is 20.1 Å². The summed E-state index contributed by atoms with van der Waals surface area (Å²) in [7, 11) is -2.06. The van der Waals surface area contributed by atoms with Gasteiger partial charge in [0.2, 0.25) is 0 Å². The molecule has 0 saturated carbocycles. The molecule has 3 aromatic rings. The first-order valence-corrected chi connectivity index (χ1v) is 13.4. The maximum atomic E-state index is 13.6. The molecular weight excluding hydrogens is 379 g/mol. The van der Waals surface area contributed by atoms with Crippen molar-refractivity contribution < 1.29 is 9.18 Å². The summed E-state index contributed by atoms with van der Waals surface area (Å²) < 4.78 is 15.9. The Morgan fingerprint density at radius 3 is 2.52 bits per heavy atom. The first kappa shape index (κ1) is 19.8. The number of fused-ring (bicyclic) bond motifs is 2. The Morgan fingerprint density at radius 1 is 1.21 bits per heavy atom. The Balaban J connectivity index is 2.12. The molecule has 0 N–H and O–H groups in total. The van der Waals surface area contributed by atoms with E-state index in [0.29, 0.717) is 12.6 Å². The third-order valence-electron chi connectivity index (χ3n) is 5.76. The molecule has 5 heteroatoms. The number of carbonyl (C=O) groups excluding carboxylic acids is 1. The minimum Gasteiger partial charge on any atom is -0.313 e. The lowest BCUT2D eigenvalue weighted by Crippen LogP contribution is -2.45. The molecule has 0 aliphatic carbocycles. The van der Waals surface area contributed by atoms with Crippen molar-refractivity contribution >= 4 is 36.2 Å². The van der Waals surface area contributed by atoms with Crippen LogP contribution in [0.1, 0.15) is 43.5 Å². The van der Waals surface area contributed by atoms with E-state index in [9.17, 15) is 9.18 Å². The van der Waals surface area contributed by atoms with E-state index < -0.39 is 8.07 Å². The summed E-state index contributed by atoms with van der Waals surface area (Å²) in [4.78, 5) is 16.6. The van der Waals surface area contributed by atoms with Crippen LogP contribution in [0, 0.1) is 5.82 Å². The maximum absolute atomic E-state index is 13.6. The highest BCUT2D eigenvalue weighted by molar-refractivity contribution is 6.93. The van der Waals surface area contributed by atoms with Crippen molar-refractivity contribution in [3.8, 4) is 5.69 Å². The van der Waals surface area contributed by atoms with Crippen molar-refractivity contribution in [3.05, 3.63) is 59.0 Å². The Bertz CT molecular complexity index is 1140. The van der Waals surface area contributed by atoms with Crippen LogP contribution >= 0.6 is 0 Å². The quantitative estimate of drug-likeness (QED) is 0.527. The van der Waals surface area contributed by atoms with E-state index in [1.807, 2.05) is 18.3 Å². The number of ketones is 1. The highest BCUT2D eigenvalue weighted by Gasteiger charge is 2.34. The zero-order valence-corrected chi connectivity index (χ0v) is 18.7. The Labute approximate surface area is 172 Å². The van der Waals surface area contributed by atoms with Gasteiger partial charge < -0.3 is 9.36 Å². The molecule has 0 spiro atoms. The van der Waals surface area contributed by atoms with Crippen LogP contribution in [-0.2, 0) is 11.3 Å². The van der Waals surface area contributed by atoms with Gasteiger partial charge in [0.25, 0.3) is 0 Å². The molecule has 29 heavy (non-hydrogen) atoms. The molecule has 4 rings (SSSR count). The van der Waals surface area contributed by atoms with Crippen LogP contribution in [0.15, 0.2) is 41.4 Å². The number of hydrogen-bond donors (Lipinski definition) is 0. The van der Waals surface area contributed by atoms with Gasteiger partial charge in [-0.2, -0.15) is 0 Å². The molecule has 1 aromatic heterocycles. The maximum Gasteiger partial charge on any atom is 0.127 e. The second-order valence-corrected chi connectivity index (χ2v) is 13.6. The standard InChI is InChI=1S/C24H27FN2OSi/c1-15(2)23-24(29(4,5)14-16(3)28)21-10-17-12-26-13-18(17)11-22(21)27(23)20-8-6-19(25)7-9-20/h6-11,13,15H,12,14H2,1-5H3. The number of aromatic nitrogens is 1. The van der Waals surface area contributed by atoms with Crippen molar-refractivity contribution in [1.29, 1.82) is 0 Å². The zero-order valence-electron chi connectivity index (χ0n) is 17.7. The fraction of sp³-hybridized carbons (Fsp3) is 0.333. The van der Waals surface area contributed by atoms with E-state index in [0.717, 1.165) is 16.8 Å². The first-order valence-electron chi connectivity index (χ1n) is 10.2. The molecule has 150 valence electrons. The minimum absolute atomic E-state index is 0.239. The van der Waals surface area contributed by atoms with Crippen molar-refractivity contribution in [3.63, 3.8) is 0 Å². The molecule has 0 radical (unpaired) electrons. The van der Waals surface area contributed by atoms with Gasteiger partial charge in [-0.3, -0.25) is 4.99 Å². The Morgan fingerprint density at radius 2 is 1.90 bits per heavy atom. The summed E-state index contributed by atoms with van der Waals surface area (Å²) in [5, 5.41) is 2.57. The SMILES string of the molecule is CC(=O)C[Si](C)(C)c1c(C(C)C)n(-c2ccc(F)cc2)c2cc3c(cc12)CN=C3. The monoisotopic (exact) mass is 406 g/mol. The van der Waals surface area contributed by atoms with Gasteiger partial charge in [-0.05, 0) is 70.9 Å². The first-order chi connectivity index (χ1) is 13.7. The minimum atomic E-state index is -2.06. The molecule has 3 nitrogen and oxygen atoms in total. The van der Waals surface area contributed by atoms with Crippen molar-refractivity contribution in [2.24, 2.45) is 4.99 Å². The van der Waals surface area contributed by atoms with Crippen LogP contribution in [0.2, 0.25) is 19.1 Å². The van der Waals surface area contributed by atoms with Crippen LogP contribution < -0.4 is 5.19 Å². The fourth-order valence-electron chi connectivity index (χ4n) is 4.75. The van der Waals surface area contributed by atoms with Crippen molar-refractivity contribution in [2.45, 2.75) is 52.4 Å². The van der Waals surface area contributed by atoms with Gasteiger partial charge in [0.1, 0.15) is 11.6 Å². The third kappa shape index (κ3) is 3.37. The van der Waals surface area contributed by atoms with Gasteiger partial charge in [-0.25, -0.2) is 4.39 Å². The summed E-state index contributed by atoms with van der Waals surface area (Å²) in [6, 6.07) is 11.8. The van der Waals surface area contributed by atoms with E-state index >= 15 is 0 Å². The molecule has 0 unspecified atom stereocenters. The number of nitrogens with zero attached hydrogens (tertiary/aromatic N) is 2. The number of carbonyl (C=O) groups is 1. The summed E-state index contributed by atoms with van der Waals surface area (Å²) in [6.07, 6.45) is 1.93. The molecule has 0 atom stereocenters. The second kappa shape index (κ2) is 7.06. The van der Waals surface area contributed by atoms with Crippen LogP contribution in [0.4, 0.5) is 4.39 Å². The van der Waals surface area contributed by atoms with Crippen LogP contribution in [-0.4, -0.2) is 24.6 Å².